The van der Waals surface area contributed by atoms with Crippen molar-refractivity contribution in [2.45, 2.75) is 13.0 Å². The van der Waals surface area contributed by atoms with Gasteiger partial charge in [-0.3, -0.25) is 9.38 Å². The molecule has 0 aliphatic heterocycles. The molecular formula is C24H16F3N9O. The van der Waals surface area contributed by atoms with Crippen molar-refractivity contribution in [1.29, 1.82) is 0 Å². The molecule has 5 aromatic heterocycles. The molecular weight excluding hydrogens is 487 g/mol. The first kappa shape index (κ1) is 22.4. The molecule has 0 bridgehead atoms. The minimum atomic E-state index is -3.01. The molecule has 0 aliphatic rings. The summed E-state index contributed by atoms with van der Waals surface area (Å²) in [6.07, 6.45) is 4.82. The van der Waals surface area contributed by atoms with Crippen molar-refractivity contribution in [1.82, 2.24) is 39.2 Å². The Bertz CT molecular complexity index is 1750. The van der Waals surface area contributed by atoms with E-state index >= 15 is 0 Å². The number of nitrogens with two attached hydrogens (primary N) is 1. The van der Waals surface area contributed by atoms with E-state index in [1.807, 2.05) is 6.07 Å². The van der Waals surface area contributed by atoms with Crippen molar-refractivity contribution in [2.24, 2.45) is 0 Å². The predicted molar refractivity (Wildman–Crippen MR) is 126 cm³/mol. The van der Waals surface area contributed by atoms with Gasteiger partial charge in [-0.15, -0.1) is 15.3 Å². The summed E-state index contributed by atoms with van der Waals surface area (Å²) in [6, 6.07) is 12.3. The lowest BCUT2D eigenvalue weighted by Gasteiger charge is -2.12. The third kappa shape index (κ3) is 4.16. The molecule has 5 heterocycles. The van der Waals surface area contributed by atoms with Crippen molar-refractivity contribution in [2.75, 3.05) is 5.73 Å². The second kappa shape index (κ2) is 8.86. The third-order valence-corrected chi connectivity index (χ3v) is 5.64. The van der Waals surface area contributed by atoms with E-state index in [1.165, 1.54) is 35.0 Å². The number of nitrogens with zero attached hydrogens (tertiary/aromatic N) is 8. The van der Waals surface area contributed by atoms with Gasteiger partial charge in [-0.2, -0.15) is 13.3 Å². The van der Waals surface area contributed by atoms with Gasteiger partial charge in [-0.1, -0.05) is 0 Å². The number of anilines is 1. The van der Waals surface area contributed by atoms with E-state index in [9.17, 15) is 13.2 Å². The van der Waals surface area contributed by atoms with Crippen molar-refractivity contribution in [3.05, 3.63) is 84.6 Å². The molecule has 0 spiro atoms. The topological polar surface area (TPSA) is 121 Å². The fraction of sp³-hybridized carbons (Fsp3) is 0.0833. The van der Waals surface area contributed by atoms with E-state index in [-0.39, 0.29) is 29.6 Å². The number of aromatic nitrogens is 8. The van der Waals surface area contributed by atoms with Crippen LogP contribution in [-0.2, 0) is 6.42 Å². The molecule has 0 aliphatic carbocycles. The Kier molecular flexibility index (Phi) is 5.36. The lowest BCUT2D eigenvalue weighted by molar-refractivity contribution is -0.0506. The normalized spacial score (nSPS) is 11.6. The van der Waals surface area contributed by atoms with Gasteiger partial charge in [-0.05, 0) is 48.5 Å². The molecule has 0 atom stereocenters. The highest BCUT2D eigenvalue weighted by Crippen LogP contribution is 2.35. The monoisotopic (exact) mass is 503 g/mol. The summed E-state index contributed by atoms with van der Waals surface area (Å²) in [6.45, 7) is -3.01. The maximum atomic E-state index is 13.7. The van der Waals surface area contributed by atoms with Crippen LogP contribution in [0, 0.1) is 5.82 Å². The minimum absolute atomic E-state index is 0.000188. The standard InChI is InChI=1S/C24H16F3N9O/c25-15-6-3-13(4-7-15)21-20(14-5-8-19-33-30-12-35(19)11-14)22-31-18(34-36(22)24(28)32-21)10-16-17(37-23(26)27)2-1-9-29-16/h1-9,11-12,23H,10H2,(H2,28,32). The Morgan fingerprint density at radius 1 is 1.00 bits per heavy atom. The smallest absolute Gasteiger partial charge is 0.387 e. The van der Waals surface area contributed by atoms with Gasteiger partial charge in [0.15, 0.2) is 17.1 Å². The highest BCUT2D eigenvalue weighted by Gasteiger charge is 2.22. The Morgan fingerprint density at radius 2 is 1.81 bits per heavy atom. The zero-order chi connectivity index (χ0) is 25.5. The first-order valence-electron chi connectivity index (χ1n) is 11.0. The van der Waals surface area contributed by atoms with Gasteiger partial charge in [0.25, 0.3) is 0 Å². The van der Waals surface area contributed by atoms with Crippen LogP contribution >= 0.6 is 0 Å². The first-order chi connectivity index (χ1) is 18.0. The summed E-state index contributed by atoms with van der Waals surface area (Å²) in [4.78, 5) is 13.4. The molecule has 10 nitrogen and oxygen atoms in total. The van der Waals surface area contributed by atoms with E-state index in [4.69, 9.17) is 5.73 Å². The third-order valence-electron chi connectivity index (χ3n) is 5.64. The molecule has 184 valence electrons. The average molecular weight is 503 g/mol. The largest absolute Gasteiger partial charge is 0.433 e. The fourth-order valence-electron chi connectivity index (χ4n) is 4.04. The number of fused-ring (bicyclic) bond motifs is 2. The summed E-state index contributed by atoms with van der Waals surface area (Å²) >= 11 is 0. The van der Waals surface area contributed by atoms with Crippen LogP contribution in [0.3, 0.4) is 0 Å². The number of ether oxygens (including phenoxy) is 1. The minimum Gasteiger partial charge on any atom is -0.433 e. The molecule has 0 unspecified atom stereocenters. The summed E-state index contributed by atoms with van der Waals surface area (Å²) in [5.74, 6) is -0.179. The Morgan fingerprint density at radius 3 is 2.62 bits per heavy atom. The highest BCUT2D eigenvalue weighted by atomic mass is 19.3. The predicted octanol–water partition coefficient (Wildman–Crippen LogP) is 3.81. The second-order valence-electron chi connectivity index (χ2n) is 7.98. The molecule has 37 heavy (non-hydrogen) atoms. The molecule has 0 fully saturated rings. The van der Waals surface area contributed by atoms with Gasteiger partial charge in [0.2, 0.25) is 5.95 Å². The summed E-state index contributed by atoms with van der Waals surface area (Å²) in [7, 11) is 0. The zero-order valence-corrected chi connectivity index (χ0v) is 18.8. The molecule has 1 aromatic carbocycles. The number of benzene rings is 1. The van der Waals surface area contributed by atoms with Crippen LogP contribution in [0.5, 0.6) is 5.75 Å². The fourth-order valence-corrected chi connectivity index (χ4v) is 4.04. The average Bonchev–Trinajstić information content (AvgIpc) is 3.52. The maximum absolute atomic E-state index is 13.7. The molecule has 2 N–H and O–H groups in total. The van der Waals surface area contributed by atoms with Crippen LogP contribution in [0.4, 0.5) is 19.1 Å². The van der Waals surface area contributed by atoms with Crippen LogP contribution in [0.15, 0.2) is 67.3 Å². The number of nitrogen functional groups attached to an aromatic ring is 1. The SMILES string of the molecule is Nc1nc(-c2ccc(F)cc2)c(-c2ccc3nncn3c2)c2nc(Cc3ncccc3OC(F)F)nn12. The molecule has 0 amide bonds. The van der Waals surface area contributed by atoms with Crippen LogP contribution in [0.1, 0.15) is 11.5 Å². The van der Waals surface area contributed by atoms with E-state index in [0.717, 1.165) is 0 Å². The molecule has 0 saturated carbocycles. The van der Waals surface area contributed by atoms with Crippen LogP contribution in [-0.4, -0.2) is 45.8 Å². The van der Waals surface area contributed by atoms with Crippen molar-refractivity contribution < 1.29 is 17.9 Å². The Labute approximate surface area is 206 Å². The molecule has 0 radical (unpaired) electrons. The number of alkyl halides is 2. The van der Waals surface area contributed by atoms with Gasteiger partial charge in [0.1, 0.15) is 17.9 Å². The van der Waals surface area contributed by atoms with Gasteiger partial charge in [0, 0.05) is 23.5 Å². The quantitative estimate of drug-likeness (QED) is 0.364. The summed E-state index contributed by atoms with van der Waals surface area (Å²) < 4.78 is 47.1. The van der Waals surface area contributed by atoms with Gasteiger partial charge >= 0.3 is 6.61 Å². The van der Waals surface area contributed by atoms with Crippen LogP contribution < -0.4 is 10.5 Å². The van der Waals surface area contributed by atoms with Crippen molar-refractivity contribution in [3.8, 4) is 28.1 Å². The maximum Gasteiger partial charge on any atom is 0.387 e. The van der Waals surface area contributed by atoms with E-state index in [0.29, 0.717) is 33.7 Å². The van der Waals surface area contributed by atoms with Crippen LogP contribution in [0.2, 0.25) is 0 Å². The number of pyridine rings is 2. The van der Waals surface area contributed by atoms with E-state index < -0.39 is 12.4 Å². The van der Waals surface area contributed by atoms with Gasteiger partial charge in [-0.25, -0.2) is 14.4 Å². The van der Waals surface area contributed by atoms with Gasteiger partial charge < -0.3 is 10.5 Å². The molecule has 6 rings (SSSR count). The molecule has 0 saturated heterocycles. The number of hydrogen-bond donors (Lipinski definition) is 1. The second-order valence-corrected chi connectivity index (χ2v) is 7.98. The zero-order valence-electron chi connectivity index (χ0n) is 18.8. The lowest BCUT2D eigenvalue weighted by atomic mass is 10.0. The Hall–Kier alpha value is -5.07. The first-order valence-corrected chi connectivity index (χ1v) is 11.0. The summed E-state index contributed by atoms with van der Waals surface area (Å²) in [5, 5.41) is 12.4. The molecule has 6 aromatic rings. The molecule has 13 heteroatoms. The number of hydrogen-bond acceptors (Lipinski definition) is 8. The van der Waals surface area contributed by atoms with Gasteiger partial charge in [0.05, 0.1) is 23.4 Å². The number of rotatable bonds is 6. The Balaban J connectivity index is 1.55. The number of halogens is 3. The lowest BCUT2D eigenvalue weighted by Crippen LogP contribution is -2.07. The van der Waals surface area contributed by atoms with E-state index in [1.54, 1.807) is 35.1 Å². The van der Waals surface area contributed by atoms with Crippen LogP contribution in [0.25, 0.3) is 33.7 Å². The van der Waals surface area contributed by atoms with Crippen molar-refractivity contribution >= 4 is 17.2 Å². The summed E-state index contributed by atoms with van der Waals surface area (Å²) in [5.41, 5.74) is 9.82. The highest BCUT2D eigenvalue weighted by molar-refractivity contribution is 5.90. The van der Waals surface area contributed by atoms with Crippen molar-refractivity contribution in [3.63, 3.8) is 0 Å². The van der Waals surface area contributed by atoms with E-state index in [2.05, 4.69) is 35.0 Å².